The summed E-state index contributed by atoms with van der Waals surface area (Å²) in [4.78, 5) is 12.0. The van der Waals surface area contributed by atoms with E-state index >= 15 is 0 Å². The second-order valence-electron chi connectivity index (χ2n) is 5.59. The Labute approximate surface area is 103 Å². The van der Waals surface area contributed by atoms with Gasteiger partial charge in [-0.3, -0.25) is 9.48 Å². The smallest absolute Gasteiger partial charge is 0.167 e. The van der Waals surface area contributed by atoms with Gasteiger partial charge in [0.15, 0.2) is 5.78 Å². The quantitative estimate of drug-likeness (QED) is 0.799. The minimum atomic E-state index is -0.121. The lowest BCUT2D eigenvalue weighted by Crippen LogP contribution is -2.36. The maximum Gasteiger partial charge on any atom is 0.167 e. The second-order valence-corrected chi connectivity index (χ2v) is 5.59. The maximum atomic E-state index is 12.0. The van der Waals surface area contributed by atoms with Gasteiger partial charge in [-0.05, 0) is 11.8 Å². The van der Waals surface area contributed by atoms with Gasteiger partial charge in [-0.1, -0.05) is 27.7 Å². The molecule has 0 aromatic carbocycles. The van der Waals surface area contributed by atoms with Crippen molar-refractivity contribution in [1.29, 1.82) is 0 Å². The Hall–Kier alpha value is -1.16. The summed E-state index contributed by atoms with van der Waals surface area (Å²) in [5.41, 5.74) is 6.62. The summed E-state index contributed by atoms with van der Waals surface area (Å²) < 4.78 is 1.80. The van der Waals surface area contributed by atoms with E-state index in [4.69, 9.17) is 5.73 Å². The lowest BCUT2D eigenvalue weighted by molar-refractivity contribution is 0.0953. The highest BCUT2D eigenvalue weighted by Gasteiger charge is 2.24. The molecule has 1 aromatic heterocycles. The fraction of sp³-hybridized carbons (Fsp3) is 0.692. The van der Waals surface area contributed by atoms with Gasteiger partial charge in [0.05, 0.1) is 11.8 Å². The van der Waals surface area contributed by atoms with E-state index in [1.807, 2.05) is 20.8 Å². The van der Waals surface area contributed by atoms with Crippen LogP contribution in [0, 0.1) is 5.41 Å². The number of hydrogen-bond donors (Lipinski definition) is 1. The van der Waals surface area contributed by atoms with Crippen LogP contribution in [0.25, 0.3) is 0 Å². The first-order valence-corrected chi connectivity index (χ1v) is 6.16. The fourth-order valence-corrected chi connectivity index (χ4v) is 1.48. The molecule has 4 nitrogen and oxygen atoms in total. The molecule has 4 heteroatoms. The van der Waals surface area contributed by atoms with Crippen molar-refractivity contribution in [2.24, 2.45) is 11.1 Å². The summed E-state index contributed by atoms with van der Waals surface area (Å²) in [7, 11) is 0. The molecule has 1 atom stereocenters. The predicted octanol–water partition coefficient (Wildman–Crippen LogP) is 2.24. The van der Waals surface area contributed by atoms with Gasteiger partial charge in [0, 0.05) is 25.2 Å². The monoisotopic (exact) mass is 237 g/mol. The summed E-state index contributed by atoms with van der Waals surface area (Å²) in [5.74, 6) is 0.0785. The van der Waals surface area contributed by atoms with Crippen LogP contribution in [-0.2, 0) is 6.54 Å². The van der Waals surface area contributed by atoms with E-state index in [1.54, 1.807) is 17.1 Å². The van der Waals surface area contributed by atoms with Gasteiger partial charge in [0.1, 0.15) is 0 Å². The molecule has 0 saturated carbocycles. The molecule has 96 valence electrons. The molecule has 0 amide bonds. The Morgan fingerprint density at radius 2 is 2.18 bits per heavy atom. The topological polar surface area (TPSA) is 60.9 Å². The van der Waals surface area contributed by atoms with Gasteiger partial charge in [0.25, 0.3) is 0 Å². The third-order valence-corrected chi connectivity index (χ3v) is 2.93. The van der Waals surface area contributed by atoms with Crippen LogP contribution in [0.2, 0.25) is 0 Å². The summed E-state index contributed by atoms with van der Waals surface area (Å²) in [6, 6.07) is -0.121. The van der Waals surface area contributed by atoms with E-state index in [0.717, 1.165) is 13.0 Å². The van der Waals surface area contributed by atoms with Gasteiger partial charge >= 0.3 is 0 Å². The highest BCUT2D eigenvalue weighted by atomic mass is 16.1. The number of aryl methyl sites for hydroxylation is 1. The Bertz CT molecular complexity index is 376. The number of carbonyl (C=O) groups excluding carboxylic acids is 1. The minimum Gasteiger partial charge on any atom is -0.327 e. The van der Waals surface area contributed by atoms with Crippen LogP contribution in [0.15, 0.2) is 12.4 Å². The SMILES string of the molecule is CCCn1cc(C(=O)CC(N)C(C)(C)C)cn1. The molecule has 0 radical (unpaired) electrons. The van der Waals surface area contributed by atoms with E-state index in [-0.39, 0.29) is 17.2 Å². The van der Waals surface area contributed by atoms with Crippen molar-refractivity contribution < 1.29 is 4.79 Å². The number of aromatic nitrogens is 2. The first-order valence-electron chi connectivity index (χ1n) is 6.16. The highest BCUT2D eigenvalue weighted by molar-refractivity contribution is 5.96. The normalized spacial score (nSPS) is 13.7. The molecule has 0 bridgehead atoms. The zero-order valence-electron chi connectivity index (χ0n) is 11.2. The Morgan fingerprint density at radius 1 is 1.53 bits per heavy atom. The molecule has 0 aliphatic rings. The highest BCUT2D eigenvalue weighted by Crippen LogP contribution is 2.21. The van der Waals surface area contributed by atoms with Crippen molar-refractivity contribution >= 4 is 5.78 Å². The fourth-order valence-electron chi connectivity index (χ4n) is 1.48. The van der Waals surface area contributed by atoms with Crippen molar-refractivity contribution in [2.75, 3.05) is 0 Å². The van der Waals surface area contributed by atoms with Crippen molar-refractivity contribution in [2.45, 2.75) is 53.1 Å². The molecule has 0 fully saturated rings. The number of rotatable bonds is 5. The Balaban J connectivity index is 2.63. The maximum absolute atomic E-state index is 12.0. The average molecular weight is 237 g/mol. The number of nitrogens with two attached hydrogens (primary N) is 1. The minimum absolute atomic E-state index is 0.0466. The molecule has 0 spiro atoms. The van der Waals surface area contributed by atoms with Crippen LogP contribution < -0.4 is 5.73 Å². The van der Waals surface area contributed by atoms with Crippen LogP contribution in [-0.4, -0.2) is 21.6 Å². The van der Waals surface area contributed by atoms with Crippen LogP contribution in [0.4, 0.5) is 0 Å². The van der Waals surface area contributed by atoms with Crippen LogP contribution in [0.3, 0.4) is 0 Å². The molecule has 2 N–H and O–H groups in total. The van der Waals surface area contributed by atoms with E-state index in [1.165, 1.54) is 0 Å². The third-order valence-electron chi connectivity index (χ3n) is 2.93. The summed E-state index contributed by atoms with van der Waals surface area (Å²) in [6.45, 7) is 9.07. The Kier molecular flexibility index (Phi) is 4.46. The number of nitrogens with zero attached hydrogens (tertiary/aromatic N) is 2. The van der Waals surface area contributed by atoms with Crippen LogP contribution >= 0.6 is 0 Å². The van der Waals surface area contributed by atoms with Crippen molar-refractivity contribution in [3.63, 3.8) is 0 Å². The summed E-state index contributed by atoms with van der Waals surface area (Å²) >= 11 is 0. The number of Topliss-reactive ketones (excluding diaryl/α,β-unsaturated/α-hetero) is 1. The van der Waals surface area contributed by atoms with Crippen LogP contribution in [0.5, 0.6) is 0 Å². The Morgan fingerprint density at radius 3 is 2.71 bits per heavy atom. The number of carbonyl (C=O) groups is 1. The van der Waals surface area contributed by atoms with E-state index in [0.29, 0.717) is 12.0 Å². The molecular weight excluding hydrogens is 214 g/mol. The zero-order valence-corrected chi connectivity index (χ0v) is 11.2. The molecule has 17 heavy (non-hydrogen) atoms. The first kappa shape index (κ1) is 13.9. The number of hydrogen-bond acceptors (Lipinski definition) is 3. The molecule has 1 unspecified atom stereocenters. The van der Waals surface area contributed by atoms with E-state index in [2.05, 4.69) is 12.0 Å². The standard InChI is InChI=1S/C13H23N3O/c1-5-6-16-9-10(8-15-16)11(17)7-12(14)13(2,3)4/h8-9,12H,5-7,14H2,1-4H3. The zero-order chi connectivity index (χ0) is 13.1. The van der Waals surface area contributed by atoms with E-state index < -0.39 is 0 Å². The lowest BCUT2D eigenvalue weighted by atomic mass is 9.84. The van der Waals surface area contributed by atoms with Crippen molar-refractivity contribution in [1.82, 2.24) is 9.78 Å². The molecule has 0 aliphatic carbocycles. The summed E-state index contributed by atoms with van der Waals surface area (Å²) in [5, 5.41) is 4.15. The van der Waals surface area contributed by atoms with Gasteiger partial charge in [-0.25, -0.2) is 0 Å². The first-order chi connectivity index (χ1) is 7.84. The van der Waals surface area contributed by atoms with Gasteiger partial charge in [-0.15, -0.1) is 0 Å². The van der Waals surface area contributed by atoms with Crippen molar-refractivity contribution in [3.05, 3.63) is 18.0 Å². The van der Waals surface area contributed by atoms with Gasteiger partial charge in [0.2, 0.25) is 0 Å². The average Bonchev–Trinajstić information content (AvgIpc) is 2.65. The van der Waals surface area contributed by atoms with Crippen LogP contribution in [0.1, 0.15) is 50.9 Å². The molecule has 0 saturated heterocycles. The van der Waals surface area contributed by atoms with Crippen molar-refractivity contribution in [3.8, 4) is 0 Å². The lowest BCUT2D eigenvalue weighted by Gasteiger charge is -2.26. The molecule has 1 rings (SSSR count). The van der Waals surface area contributed by atoms with Gasteiger partial charge in [-0.2, -0.15) is 5.10 Å². The molecule has 1 aromatic rings. The van der Waals surface area contributed by atoms with Gasteiger partial charge < -0.3 is 5.73 Å². The third kappa shape index (κ3) is 3.97. The summed E-state index contributed by atoms with van der Waals surface area (Å²) in [6.07, 6.45) is 4.83. The predicted molar refractivity (Wildman–Crippen MR) is 68.9 cm³/mol. The molecule has 0 aliphatic heterocycles. The second kappa shape index (κ2) is 5.45. The molecule has 1 heterocycles. The largest absolute Gasteiger partial charge is 0.327 e. The van der Waals surface area contributed by atoms with E-state index in [9.17, 15) is 4.79 Å². The molecular formula is C13H23N3O. The number of ketones is 1.